The molecule has 3 atom stereocenters. The molecule has 2 rings (SSSR count). The first-order valence-corrected chi connectivity index (χ1v) is 8.91. The standard InChI is InChI=1S/C19H30N4O2.HI/c1-13(2)16(15-7-6-8-21-9-15)10-22-19(20-4)23-11-14(3)17(12-23)18(24)25-5;/h6-9,13-14,16-17H,10-12H2,1-5H3,(H,20,22);1H. The van der Waals surface area contributed by atoms with Gasteiger partial charge in [0.25, 0.3) is 0 Å². The first-order chi connectivity index (χ1) is 12.0. The summed E-state index contributed by atoms with van der Waals surface area (Å²) in [6.45, 7) is 8.75. The van der Waals surface area contributed by atoms with Crippen LogP contribution in [-0.2, 0) is 9.53 Å². The fourth-order valence-electron chi connectivity index (χ4n) is 3.47. The summed E-state index contributed by atoms with van der Waals surface area (Å²) in [6.07, 6.45) is 3.73. The van der Waals surface area contributed by atoms with Crippen LogP contribution in [-0.4, -0.2) is 55.6 Å². The van der Waals surface area contributed by atoms with E-state index in [4.69, 9.17) is 4.74 Å². The van der Waals surface area contributed by atoms with Gasteiger partial charge in [0, 0.05) is 45.0 Å². The highest BCUT2D eigenvalue weighted by molar-refractivity contribution is 14.0. The number of esters is 1. The Bertz CT molecular complexity index is 594. The number of hydrogen-bond donors (Lipinski definition) is 1. The number of nitrogens with zero attached hydrogens (tertiary/aromatic N) is 3. The van der Waals surface area contributed by atoms with Gasteiger partial charge in [0.2, 0.25) is 0 Å². The van der Waals surface area contributed by atoms with Gasteiger partial charge in [0.15, 0.2) is 5.96 Å². The monoisotopic (exact) mass is 474 g/mol. The number of carbonyl (C=O) groups excluding carboxylic acids is 1. The molecule has 0 saturated carbocycles. The lowest BCUT2D eigenvalue weighted by Crippen LogP contribution is -2.42. The molecule has 146 valence electrons. The maximum atomic E-state index is 11.9. The number of methoxy groups -OCH3 is 1. The number of likely N-dealkylation sites (tertiary alicyclic amines) is 1. The maximum absolute atomic E-state index is 11.9. The van der Waals surface area contributed by atoms with Gasteiger partial charge >= 0.3 is 5.97 Å². The van der Waals surface area contributed by atoms with Crippen molar-refractivity contribution in [3.05, 3.63) is 30.1 Å². The number of pyridine rings is 1. The molecule has 0 aliphatic carbocycles. The first kappa shape index (κ1) is 22.7. The van der Waals surface area contributed by atoms with Gasteiger partial charge in [-0.2, -0.15) is 0 Å². The van der Waals surface area contributed by atoms with E-state index in [1.54, 1.807) is 13.2 Å². The van der Waals surface area contributed by atoms with Crippen molar-refractivity contribution in [3.8, 4) is 0 Å². The number of ether oxygens (including phenoxy) is 1. The molecule has 26 heavy (non-hydrogen) atoms. The van der Waals surface area contributed by atoms with Gasteiger partial charge in [0.1, 0.15) is 0 Å². The van der Waals surface area contributed by atoms with Crippen molar-refractivity contribution in [2.45, 2.75) is 26.7 Å². The fraction of sp³-hybridized carbons (Fsp3) is 0.632. The van der Waals surface area contributed by atoms with Crippen LogP contribution < -0.4 is 5.32 Å². The molecule has 1 aromatic heterocycles. The van der Waals surface area contributed by atoms with E-state index in [1.165, 1.54) is 12.7 Å². The van der Waals surface area contributed by atoms with Crippen molar-refractivity contribution in [1.82, 2.24) is 15.2 Å². The zero-order valence-corrected chi connectivity index (χ0v) is 18.6. The van der Waals surface area contributed by atoms with Crippen LogP contribution in [0, 0.1) is 17.8 Å². The number of aromatic nitrogens is 1. The number of nitrogens with one attached hydrogen (secondary N) is 1. The van der Waals surface area contributed by atoms with Gasteiger partial charge in [-0.25, -0.2) is 0 Å². The second-order valence-electron chi connectivity index (χ2n) is 7.08. The molecule has 0 spiro atoms. The second kappa shape index (κ2) is 10.7. The predicted octanol–water partition coefficient (Wildman–Crippen LogP) is 2.76. The van der Waals surface area contributed by atoms with Crippen molar-refractivity contribution in [3.63, 3.8) is 0 Å². The topological polar surface area (TPSA) is 66.8 Å². The van der Waals surface area contributed by atoms with Crippen molar-refractivity contribution in [1.29, 1.82) is 0 Å². The van der Waals surface area contributed by atoms with Crippen LogP contribution in [0.15, 0.2) is 29.5 Å². The Labute approximate surface area is 173 Å². The Hall–Kier alpha value is -1.38. The first-order valence-electron chi connectivity index (χ1n) is 8.91. The zero-order valence-electron chi connectivity index (χ0n) is 16.3. The quantitative estimate of drug-likeness (QED) is 0.308. The number of halogens is 1. The molecular weight excluding hydrogens is 443 g/mol. The van der Waals surface area contributed by atoms with Crippen LogP contribution in [0.2, 0.25) is 0 Å². The third-order valence-electron chi connectivity index (χ3n) is 5.03. The lowest BCUT2D eigenvalue weighted by molar-refractivity contribution is -0.145. The average molecular weight is 474 g/mol. The van der Waals surface area contributed by atoms with Crippen molar-refractivity contribution in [2.24, 2.45) is 22.7 Å². The Balaban J connectivity index is 0.00000338. The van der Waals surface area contributed by atoms with Crippen LogP contribution in [0.3, 0.4) is 0 Å². The van der Waals surface area contributed by atoms with E-state index in [0.29, 0.717) is 18.4 Å². The lowest BCUT2D eigenvalue weighted by Gasteiger charge is -2.26. The van der Waals surface area contributed by atoms with Crippen LogP contribution in [0.5, 0.6) is 0 Å². The number of carbonyl (C=O) groups is 1. The van der Waals surface area contributed by atoms with Crippen molar-refractivity contribution in [2.75, 3.05) is 33.8 Å². The lowest BCUT2D eigenvalue weighted by atomic mass is 9.89. The van der Waals surface area contributed by atoms with Crippen LogP contribution >= 0.6 is 24.0 Å². The SMILES string of the molecule is CN=C(NCC(c1cccnc1)C(C)C)N1CC(C)C(C(=O)OC)C1.I. The largest absolute Gasteiger partial charge is 0.469 e. The second-order valence-corrected chi connectivity index (χ2v) is 7.08. The van der Waals surface area contributed by atoms with Gasteiger partial charge in [0.05, 0.1) is 13.0 Å². The fourth-order valence-corrected chi connectivity index (χ4v) is 3.47. The summed E-state index contributed by atoms with van der Waals surface area (Å²) < 4.78 is 4.92. The molecule has 0 aromatic carbocycles. The zero-order chi connectivity index (χ0) is 18.4. The molecule has 1 N–H and O–H groups in total. The summed E-state index contributed by atoms with van der Waals surface area (Å²) in [6, 6.07) is 4.09. The number of rotatable bonds is 5. The van der Waals surface area contributed by atoms with E-state index in [2.05, 4.69) is 47.0 Å². The van der Waals surface area contributed by atoms with E-state index in [-0.39, 0.29) is 41.8 Å². The van der Waals surface area contributed by atoms with E-state index in [0.717, 1.165) is 19.0 Å². The van der Waals surface area contributed by atoms with Crippen LogP contribution in [0.1, 0.15) is 32.3 Å². The van der Waals surface area contributed by atoms with Gasteiger partial charge in [-0.15, -0.1) is 24.0 Å². The molecule has 1 aliphatic rings. The molecule has 2 heterocycles. The Morgan fingerprint density at radius 3 is 2.73 bits per heavy atom. The van der Waals surface area contributed by atoms with Crippen LogP contribution in [0.4, 0.5) is 0 Å². The van der Waals surface area contributed by atoms with Gasteiger partial charge in [-0.05, 0) is 23.5 Å². The number of guanidine groups is 1. The molecule has 7 heteroatoms. The maximum Gasteiger partial charge on any atom is 0.310 e. The highest BCUT2D eigenvalue weighted by Gasteiger charge is 2.37. The third kappa shape index (κ3) is 5.56. The molecule has 1 fully saturated rings. The summed E-state index contributed by atoms with van der Waals surface area (Å²) in [7, 11) is 3.23. The van der Waals surface area contributed by atoms with E-state index < -0.39 is 0 Å². The number of aliphatic imine (C=N–C) groups is 1. The van der Waals surface area contributed by atoms with Crippen molar-refractivity contribution >= 4 is 35.9 Å². The normalized spacial score (nSPS) is 21.3. The predicted molar refractivity (Wildman–Crippen MR) is 115 cm³/mol. The molecule has 0 radical (unpaired) electrons. The number of hydrogen-bond acceptors (Lipinski definition) is 4. The van der Waals surface area contributed by atoms with Crippen molar-refractivity contribution < 1.29 is 9.53 Å². The minimum Gasteiger partial charge on any atom is -0.469 e. The summed E-state index contributed by atoms with van der Waals surface area (Å²) in [4.78, 5) is 22.7. The van der Waals surface area contributed by atoms with Gasteiger partial charge in [-0.1, -0.05) is 26.8 Å². The molecule has 1 saturated heterocycles. The molecule has 3 unspecified atom stereocenters. The third-order valence-corrected chi connectivity index (χ3v) is 5.03. The molecule has 1 aliphatic heterocycles. The van der Waals surface area contributed by atoms with E-state index >= 15 is 0 Å². The minimum atomic E-state index is -0.138. The highest BCUT2D eigenvalue weighted by Crippen LogP contribution is 2.25. The highest BCUT2D eigenvalue weighted by atomic mass is 127. The summed E-state index contributed by atoms with van der Waals surface area (Å²) in [5, 5.41) is 3.49. The molecule has 1 aromatic rings. The van der Waals surface area contributed by atoms with Crippen LogP contribution in [0.25, 0.3) is 0 Å². The average Bonchev–Trinajstić information content (AvgIpc) is 3.00. The van der Waals surface area contributed by atoms with E-state index in [9.17, 15) is 4.79 Å². The Morgan fingerprint density at radius 2 is 2.19 bits per heavy atom. The molecule has 0 amide bonds. The van der Waals surface area contributed by atoms with E-state index in [1.807, 2.05) is 12.3 Å². The molecular formula is C19H31IN4O2. The smallest absolute Gasteiger partial charge is 0.310 e. The summed E-state index contributed by atoms with van der Waals surface area (Å²) >= 11 is 0. The minimum absolute atomic E-state index is 0. The molecule has 6 nitrogen and oxygen atoms in total. The summed E-state index contributed by atoms with van der Waals surface area (Å²) in [5.74, 6) is 1.69. The van der Waals surface area contributed by atoms with Gasteiger partial charge in [-0.3, -0.25) is 14.8 Å². The summed E-state index contributed by atoms with van der Waals surface area (Å²) in [5.41, 5.74) is 1.22. The molecule has 0 bridgehead atoms. The Kier molecular flexibility index (Phi) is 9.32. The van der Waals surface area contributed by atoms with Gasteiger partial charge < -0.3 is 15.0 Å². The Morgan fingerprint density at radius 1 is 1.46 bits per heavy atom.